The van der Waals surface area contributed by atoms with E-state index in [2.05, 4.69) is 0 Å². The number of aromatic carboxylic acids is 1. The van der Waals surface area contributed by atoms with E-state index in [1.54, 1.807) is 36.1 Å². The second-order valence-electron chi connectivity index (χ2n) is 5.02. The number of rotatable bonds is 6. The van der Waals surface area contributed by atoms with E-state index in [9.17, 15) is 19.7 Å². The Labute approximate surface area is 143 Å². The van der Waals surface area contributed by atoms with Crippen molar-refractivity contribution in [2.24, 2.45) is 0 Å². The van der Waals surface area contributed by atoms with E-state index in [1.165, 1.54) is 19.2 Å². The van der Waals surface area contributed by atoms with Crippen molar-refractivity contribution in [3.05, 3.63) is 63.7 Å². The summed E-state index contributed by atoms with van der Waals surface area (Å²) in [6, 6.07) is 10.2. The van der Waals surface area contributed by atoms with E-state index in [0.29, 0.717) is 12.2 Å². The molecule has 0 atom stereocenters. The van der Waals surface area contributed by atoms with Gasteiger partial charge in [0.1, 0.15) is 5.69 Å². The number of benzene rings is 2. The molecule has 0 saturated heterocycles. The first-order chi connectivity index (χ1) is 11.9. The monoisotopic (exact) mass is 344 g/mol. The van der Waals surface area contributed by atoms with Crippen LogP contribution in [0.25, 0.3) is 0 Å². The Bertz CT molecular complexity index is 834. The van der Waals surface area contributed by atoms with Crippen LogP contribution in [0.3, 0.4) is 0 Å². The minimum absolute atomic E-state index is 0.187. The van der Waals surface area contributed by atoms with Gasteiger partial charge in [0.15, 0.2) is 0 Å². The van der Waals surface area contributed by atoms with Gasteiger partial charge in [-0.3, -0.25) is 10.1 Å². The van der Waals surface area contributed by atoms with Gasteiger partial charge in [-0.1, -0.05) is 12.1 Å². The molecule has 8 nitrogen and oxygen atoms in total. The third-order valence-electron chi connectivity index (χ3n) is 3.63. The summed E-state index contributed by atoms with van der Waals surface area (Å²) < 4.78 is 4.76. The van der Waals surface area contributed by atoms with Crippen molar-refractivity contribution < 1.29 is 24.4 Å². The largest absolute Gasteiger partial charge is 0.478 e. The number of nitrogens with zero attached hydrogens (tertiary/aromatic N) is 2. The third-order valence-corrected chi connectivity index (χ3v) is 3.63. The van der Waals surface area contributed by atoms with Crippen LogP contribution in [-0.2, 0) is 4.74 Å². The van der Waals surface area contributed by atoms with E-state index >= 15 is 0 Å². The number of nitro benzene ring substituents is 1. The number of carboxylic acid groups (broad SMARTS) is 1. The van der Waals surface area contributed by atoms with Crippen LogP contribution >= 0.6 is 0 Å². The van der Waals surface area contributed by atoms with Crippen LogP contribution in [0.1, 0.15) is 27.6 Å². The molecule has 0 fully saturated rings. The molecular formula is C17H16N2O6. The number of ether oxygens (including phenoxy) is 1. The fourth-order valence-electron chi connectivity index (χ4n) is 2.49. The van der Waals surface area contributed by atoms with Gasteiger partial charge >= 0.3 is 11.9 Å². The fourth-order valence-corrected chi connectivity index (χ4v) is 2.49. The highest BCUT2D eigenvalue weighted by Crippen LogP contribution is 2.36. The number of hydrogen-bond acceptors (Lipinski definition) is 6. The number of nitro groups is 1. The molecule has 0 aliphatic rings. The molecule has 0 bridgehead atoms. The molecule has 0 saturated carbocycles. The van der Waals surface area contributed by atoms with Crippen molar-refractivity contribution in [3.8, 4) is 0 Å². The van der Waals surface area contributed by atoms with Crippen LogP contribution in [0.4, 0.5) is 17.1 Å². The molecule has 25 heavy (non-hydrogen) atoms. The van der Waals surface area contributed by atoms with E-state index in [1.807, 2.05) is 0 Å². The zero-order valence-electron chi connectivity index (χ0n) is 13.6. The highest BCUT2D eigenvalue weighted by atomic mass is 16.6. The van der Waals surface area contributed by atoms with Crippen molar-refractivity contribution in [3.63, 3.8) is 0 Å². The highest BCUT2D eigenvalue weighted by Gasteiger charge is 2.25. The Balaban J connectivity index is 2.65. The lowest BCUT2D eigenvalue weighted by Crippen LogP contribution is -2.21. The van der Waals surface area contributed by atoms with Crippen molar-refractivity contribution >= 4 is 29.0 Å². The normalized spacial score (nSPS) is 10.2. The van der Waals surface area contributed by atoms with Gasteiger partial charge < -0.3 is 14.7 Å². The SMILES string of the molecule is CCN(c1ccccc1C(=O)OC)c1ccc(C(=O)O)cc1[N+](=O)[O-]. The van der Waals surface area contributed by atoms with Crippen molar-refractivity contribution in [1.82, 2.24) is 0 Å². The van der Waals surface area contributed by atoms with E-state index in [4.69, 9.17) is 9.84 Å². The average molecular weight is 344 g/mol. The van der Waals surface area contributed by atoms with Gasteiger partial charge in [-0.2, -0.15) is 0 Å². The van der Waals surface area contributed by atoms with Crippen LogP contribution in [0, 0.1) is 10.1 Å². The molecule has 0 heterocycles. The molecule has 0 amide bonds. The number of carbonyl (C=O) groups is 2. The summed E-state index contributed by atoms with van der Waals surface area (Å²) in [5.74, 6) is -1.83. The van der Waals surface area contributed by atoms with Crippen molar-refractivity contribution in [2.75, 3.05) is 18.6 Å². The van der Waals surface area contributed by atoms with Crippen LogP contribution in [0.15, 0.2) is 42.5 Å². The Kier molecular flexibility index (Phi) is 5.33. The predicted molar refractivity (Wildman–Crippen MR) is 90.5 cm³/mol. The van der Waals surface area contributed by atoms with Gasteiger partial charge in [-0.05, 0) is 31.2 Å². The zero-order valence-corrected chi connectivity index (χ0v) is 13.6. The van der Waals surface area contributed by atoms with Crippen LogP contribution < -0.4 is 4.90 Å². The maximum Gasteiger partial charge on any atom is 0.339 e. The van der Waals surface area contributed by atoms with Crippen molar-refractivity contribution in [1.29, 1.82) is 0 Å². The molecule has 0 aliphatic heterocycles. The van der Waals surface area contributed by atoms with Crippen molar-refractivity contribution in [2.45, 2.75) is 6.92 Å². The van der Waals surface area contributed by atoms with Crippen LogP contribution in [-0.4, -0.2) is 35.6 Å². The summed E-state index contributed by atoms with van der Waals surface area (Å²) in [5, 5.41) is 20.5. The summed E-state index contributed by atoms with van der Waals surface area (Å²) in [4.78, 5) is 35.4. The molecular weight excluding hydrogens is 328 g/mol. The Morgan fingerprint density at radius 3 is 2.44 bits per heavy atom. The Morgan fingerprint density at radius 1 is 1.20 bits per heavy atom. The summed E-state index contributed by atoms with van der Waals surface area (Å²) in [6.07, 6.45) is 0. The second kappa shape index (κ2) is 7.43. The molecule has 0 aromatic heterocycles. The molecule has 0 unspecified atom stereocenters. The number of carbonyl (C=O) groups excluding carboxylic acids is 1. The van der Waals surface area contributed by atoms with Gasteiger partial charge in [0.25, 0.3) is 5.69 Å². The third kappa shape index (κ3) is 3.57. The predicted octanol–water partition coefficient (Wildman–Crippen LogP) is 3.24. The molecule has 130 valence electrons. The summed E-state index contributed by atoms with van der Waals surface area (Å²) >= 11 is 0. The number of para-hydroxylation sites is 1. The van der Waals surface area contributed by atoms with E-state index < -0.39 is 16.9 Å². The highest BCUT2D eigenvalue weighted by molar-refractivity contribution is 5.97. The summed E-state index contributed by atoms with van der Waals surface area (Å²) in [5.41, 5.74) is 0.328. The van der Waals surface area contributed by atoms with Gasteiger partial charge in [0, 0.05) is 12.6 Å². The lowest BCUT2D eigenvalue weighted by Gasteiger charge is -2.25. The first kappa shape index (κ1) is 17.9. The molecule has 8 heteroatoms. The van der Waals surface area contributed by atoms with E-state index in [0.717, 1.165) is 6.07 Å². The standard InChI is InChI=1S/C17H16N2O6/c1-3-18(13-7-5-4-6-12(13)17(22)25-2)14-9-8-11(16(20)21)10-15(14)19(23)24/h4-10H,3H2,1-2H3,(H,20,21). The smallest absolute Gasteiger partial charge is 0.339 e. The Hall–Kier alpha value is -3.42. The Morgan fingerprint density at radius 2 is 1.88 bits per heavy atom. The molecule has 0 aliphatic carbocycles. The molecule has 2 rings (SSSR count). The summed E-state index contributed by atoms with van der Waals surface area (Å²) in [6.45, 7) is 2.09. The molecule has 0 radical (unpaired) electrons. The van der Waals surface area contributed by atoms with Crippen LogP contribution in [0.2, 0.25) is 0 Å². The minimum Gasteiger partial charge on any atom is -0.478 e. The minimum atomic E-state index is -1.26. The fraction of sp³-hybridized carbons (Fsp3) is 0.176. The zero-order chi connectivity index (χ0) is 18.6. The number of hydrogen-bond donors (Lipinski definition) is 1. The van der Waals surface area contributed by atoms with E-state index in [-0.39, 0.29) is 22.5 Å². The number of esters is 1. The topological polar surface area (TPSA) is 110 Å². The first-order valence-electron chi connectivity index (χ1n) is 7.37. The second-order valence-corrected chi connectivity index (χ2v) is 5.02. The number of carboxylic acids is 1. The van der Waals surface area contributed by atoms with Gasteiger partial charge in [-0.25, -0.2) is 9.59 Å². The lowest BCUT2D eigenvalue weighted by molar-refractivity contribution is -0.384. The molecule has 1 N–H and O–H groups in total. The lowest BCUT2D eigenvalue weighted by atomic mass is 10.1. The quantitative estimate of drug-likeness (QED) is 0.486. The average Bonchev–Trinajstić information content (AvgIpc) is 2.62. The molecule has 0 spiro atoms. The van der Waals surface area contributed by atoms with Gasteiger partial charge in [0.2, 0.25) is 0 Å². The van der Waals surface area contributed by atoms with Gasteiger partial charge in [-0.15, -0.1) is 0 Å². The van der Waals surface area contributed by atoms with Crippen LogP contribution in [0.5, 0.6) is 0 Å². The summed E-state index contributed by atoms with van der Waals surface area (Å²) in [7, 11) is 1.25. The maximum atomic E-state index is 12.0. The van der Waals surface area contributed by atoms with Gasteiger partial charge in [0.05, 0.1) is 28.8 Å². The first-order valence-corrected chi connectivity index (χ1v) is 7.37. The number of methoxy groups -OCH3 is 1. The molecule has 2 aromatic carbocycles. The number of anilines is 2. The maximum absolute atomic E-state index is 12.0. The molecule has 2 aromatic rings.